The summed E-state index contributed by atoms with van der Waals surface area (Å²) in [6, 6.07) is 9.30. The molecule has 1 unspecified atom stereocenters. The molecule has 0 aliphatic carbocycles. The number of anilines is 2. The number of amides is 6. The van der Waals surface area contributed by atoms with Crippen LogP contribution in [0.4, 0.5) is 29.7 Å². The van der Waals surface area contributed by atoms with Gasteiger partial charge >= 0.3 is 12.1 Å². The molecular formula is C28H32F2N6O4. The second-order valence-electron chi connectivity index (χ2n) is 10.7. The molecule has 0 bridgehead atoms. The fourth-order valence-corrected chi connectivity index (χ4v) is 5.29. The fourth-order valence-electron chi connectivity index (χ4n) is 5.29. The molecule has 0 saturated carbocycles. The Morgan fingerprint density at radius 3 is 2.33 bits per heavy atom. The number of carbonyl (C=O) groups excluding carboxylic acids is 4. The third-order valence-corrected chi connectivity index (χ3v) is 7.90. The van der Waals surface area contributed by atoms with Crippen LogP contribution in [0.3, 0.4) is 0 Å². The number of benzene rings is 2. The highest BCUT2D eigenvalue weighted by molar-refractivity contribution is 6.01. The number of likely N-dealkylation sites (N-methyl/N-ethyl adjacent to an activating group) is 1. The van der Waals surface area contributed by atoms with Crippen LogP contribution in [0.1, 0.15) is 29.9 Å². The first-order valence-corrected chi connectivity index (χ1v) is 13.2. The minimum absolute atomic E-state index is 0.0264. The van der Waals surface area contributed by atoms with Crippen molar-refractivity contribution in [3.8, 4) is 0 Å². The van der Waals surface area contributed by atoms with Crippen LogP contribution in [0.5, 0.6) is 0 Å². The first-order valence-electron chi connectivity index (χ1n) is 13.2. The molecule has 0 aromatic heterocycles. The smallest absolute Gasteiger partial charge is 0.324 e. The molecule has 5 rings (SSSR count). The van der Waals surface area contributed by atoms with Gasteiger partial charge in [-0.05, 0) is 43.2 Å². The molecule has 3 aliphatic rings. The maximum absolute atomic E-state index is 14.8. The van der Waals surface area contributed by atoms with Gasteiger partial charge in [-0.2, -0.15) is 0 Å². The summed E-state index contributed by atoms with van der Waals surface area (Å²) < 4.78 is 29.7. The molecule has 40 heavy (non-hydrogen) atoms. The van der Waals surface area contributed by atoms with Gasteiger partial charge in [-0.15, -0.1) is 0 Å². The van der Waals surface area contributed by atoms with Crippen molar-refractivity contribution in [2.45, 2.75) is 37.8 Å². The van der Waals surface area contributed by atoms with E-state index >= 15 is 0 Å². The molecule has 3 aliphatic heterocycles. The maximum atomic E-state index is 14.8. The van der Waals surface area contributed by atoms with E-state index in [1.54, 1.807) is 33.7 Å². The highest BCUT2D eigenvalue weighted by atomic mass is 19.1. The van der Waals surface area contributed by atoms with E-state index in [2.05, 4.69) is 10.6 Å². The van der Waals surface area contributed by atoms with Crippen LogP contribution in [-0.2, 0) is 9.59 Å². The standard InChI is InChI=1S/C28H32F2N6O4/c1-16-5-4-6-18(9-16)34(3)28(40)36-14-20(15-36)33(2)27(39)31-17-12-35(13-17)19-10-22(29)25(23(30)11-19)21-7-8-24(37)32-26(21)38/h4-6,9-11,17,20-21H,7-8,12-15H2,1-3H3,(H,31,39)(H,32,37,38). The van der Waals surface area contributed by atoms with Crippen molar-refractivity contribution in [1.82, 2.24) is 20.4 Å². The summed E-state index contributed by atoms with van der Waals surface area (Å²) in [6.07, 6.45) is 0.0815. The van der Waals surface area contributed by atoms with Crippen LogP contribution in [0.15, 0.2) is 36.4 Å². The fraction of sp³-hybridized carbons (Fsp3) is 0.429. The molecule has 212 valence electrons. The second kappa shape index (κ2) is 10.7. The normalized spacial score (nSPS) is 19.5. The zero-order chi connectivity index (χ0) is 28.7. The third kappa shape index (κ3) is 5.30. The summed E-state index contributed by atoms with van der Waals surface area (Å²) >= 11 is 0. The number of nitrogens with zero attached hydrogens (tertiary/aromatic N) is 4. The summed E-state index contributed by atoms with van der Waals surface area (Å²) in [4.78, 5) is 55.6. The third-order valence-electron chi connectivity index (χ3n) is 7.90. The predicted octanol–water partition coefficient (Wildman–Crippen LogP) is 2.56. The van der Waals surface area contributed by atoms with Gasteiger partial charge in [-0.1, -0.05) is 12.1 Å². The molecule has 2 aromatic carbocycles. The quantitative estimate of drug-likeness (QED) is 0.553. The van der Waals surface area contributed by atoms with Crippen molar-refractivity contribution in [3.63, 3.8) is 0 Å². The summed E-state index contributed by atoms with van der Waals surface area (Å²) in [7, 11) is 3.41. The highest BCUT2D eigenvalue weighted by Gasteiger charge is 2.39. The van der Waals surface area contributed by atoms with Gasteiger partial charge in [0.1, 0.15) is 11.6 Å². The van der Waals surface area contributed by atoms with E-state index in [1.807, 2.05) is 31.2 Å². The number of carbonyl (C=O) groups is 4. The lowest BCUT2D eigenvalue weighted by Crippen LogP contribution is -2.67. The number of hydrogen-bond donors (Lipinski definition) is 2. The number of rotatable bonds is 5. The monoisotopic (exact) mass is 554 g/mol. The molecule has 3 fully saturated rings. The van der Waals surface area contributed by atoms with Crippen LogP contribution >= 0.6 is 0 Å². The van der Waals surface area contributed by atoms with E-state index in [0.717, 1.165) is 11.3 Å². The van der Waals surface area contributed by atoms with Gasteiger partial charge in [-0.25, -0.2) is 18.4 Å². The Morgan fingerprint density at radius 2 is 1.70 bits per heavy atom. The van der Waals surface area contributed by atoms with E-state index in [-0.39, 0.29) is 42.6 Å². The molecule has 3 heterocycles. The van der Waals surface area contributed by atoms with Crippen LogP contribution < -0.4 is 20.4 Å². The van der Waals surface area contributed by atoms with Gasteiger partial charge in [0, 0.05) is 63.6 Å². The zero-order valence-corrected chi connectivity index (χ0v) is 22.6. The van der Waals surface area contributed by atoms with Crippen LogP contribution in [0.2, 0.25) is 0 Å². The van der Waals surface area contributed by atoms with E-state index in [9.17, 15) is 28.0 Å². The number of halogens is 2. The number of aryl methyl sites for hydroxylation is 1. The van der Waals surface area contributed by atoms with E-state index in [1.165, 1.54) is 12.1 Å². The Balaban J connectivity index is 1.10. The Hall–Kier alpha value is -4.22. The number of hydrogen-bond acceptors (Lipinski definition) is 5. The summed E-state index contributed by atoms with van der Waals surface area (Å²) in [6.45, 7) is 3.55. The molecule has 10 nitrogen and oxygen atoms in total. The van der Waals surface area contributed by atoms with Crippen LogP contribution in [-0.4, -0.2) is 86.0 Å². The van der Waals surface area contributed by atoms with Gasteiger partial charge in [-0.3, -0.25) is 19.8 Å². The van der Waals surface area contributed by atoms with E-state index < -0.39 is 29.4 Å². The predicted molar refractivity (Wildman–Crippen MR) is 144 cm³/mol. The van der Waals surface area contributed by atoms with Gasteiger partial charge in [0.15, 0.2) is 0 Å². The molecule has 2 N–H and O–H groups in total. The summed E-state index contributed by atoms with van der Waals surface area (Å²) in [5.74, 6) is -3.88. The number of likely N-dealkylation sites (tertiary alicyclic amines) is 1. The van der Waals surface area contributed by atoms with Crippen molar-refractivity contribution in [1.29, 1.82) is 0 Å². The Labute approximate surface area is 230 Å². The largest absolute Gasteiger partial charge is 0.367 e. The van der Waals surface area contributed by atoms with Gasteiger partial charge < -0.3 is 20.0 Å². The van der Waals surface area contributed by atoms with Crippen molar-refractivity contribution in [2.75, 3.05) is 50.1 Å². The SMILES string of the molecule is Cc1cccc(N(C)C(=O)N2CC(N(C)C(=O)NC3CN(c4cc(F)c(C5CCC(=O)NC5=O)c(F)c4)C3)C2)c1. The van der Waals surface area contributed by atoms with Gasteiger partial charge in [0.25, 0.3) is 0 Å². The van der Waals surface area contributed by atoms with Crippen LogP contribution in [0.25, 0.3) is 0 Å². The van der Waals surface area contributed by atoms with Crippen molar-refractivity contribution < 1.29 is 28.0 Å². The number of urea groups is 2. The molecule has 0 spiro atoms. The molecule has 1 atom stereocenters. The zero-order valence-electron chi connectivity index (χ0n) is 22.6. The Bertz CT molecular complexity index is 1340. The van der Waals surface area contributed by atoms with Gasteiger partial charge in [0.2, 0.25) is 11.8 Å². The number of nitrogens with one attached hydrogen (secondary N) is 2. The van der Waals surface area contributed by atoms with E-state index in [4.69, 9.17) is 0 Å². The van der Waals surface area contributed by atoms with Crippen molar-refractivity contribution >= 4 is 35.3 Å². The van der Waals surface area contributed by atoms with E-state index in [0.29, 0.717) is 31.9 Å². The molecule has 3 saturated heterocycles. The van der Waals surface area contributed by atoms with Gasteiger partial charge in [0.05, 0.1) is 18.0 Å². The van der Waals surface area contributed by atoms with Crippen LogP contribution in [0, 0.1) is 18.6 Å². The Kier molecular flexibility index (Phi) is 7.35. The lowest BCUT2D eigenvalue weighted by Gasteiger charge is -2.46. The number of imide groups is 1. The number of piperidine rings is 1. The molecule has 2 aromatic rings. The lowest BCUT2D eigenvalue weighted by molar-refractivity contribution is -0.134. The molecular weight excluding hydrogens is 522 g/mol. The Morgan fingerprint density at radius 1 is 1.02 bits per heavy atom. The molecule has 0 radical (unpaired) electrons. The molecule has 12 heteroatoms. The average molecular weight is 555 g/mol. The minimum atomic E-state index is -1.05. The minimum Gasteiger partial charge on any atom is -0.367 e. The highest BCUT2D eigenvalue weighted by Crippen LogP contribution is 2.33. The summed E-state index contributed by atoms with van der Waals surface area (Å²) in [5, 5.41) is 5.05. The van der Waals surface area contributed by atoms with Crippen molar-refractivity contribution in [2.24, 2.45) is 0 Å². The first-order chi connectivity index (χ1) is 19.0. The summed E-state index contributed by atoms with van der Waals surface area (Å²) in [5.41, 5.74) is 1.85. The van der Waals surface area contributed by atoms with Crippen molar-refractivity contribution in [3.05, 3.63) is 59.2 Å². The second-order valence-corrected chi connectivity index (χ2v) is 10.7. The molecule has 6 amide bonds. The average Bonchev–Trinajstić information content (AvgIpc) is 2.85. The topological polar surface area (TPSA) is 105 Å². The maximum Gasteiger partial charge on any atom is 0.324 e. The first kappa shape index (κ1) is 27.4. The lowest BCUT2D eigenvalue weighted by atomic mass is 9.89.